The first-order chi connectivity index (χ1) is 12.9. The third-order valence-corrected chi connectivity index (χ3v) is 6.06. The van der Waals surface area contributed by atoms with Crippen LogP contribution in [-0.4, -0.2) is 22.6 Å². The van der Waals surface area contributed by atoms with E-state index in [1.807, 2.05) is 6.92 Å². The van der Waals surface area contributed by atoms with Crippen LogP contribution in [-0.2, 0) is 10.0 Å². The highest BCUT2D eigenvalue weighted by Gasteiger charge is 2.26. The molecule has 0 saturated heterocycles. The largest absolute Gasteiger partial charge is 0.284 e. The van der Waals surface area contributed by atoms with Crippen LogP contribution < -0.4 is 0 Å². The van der Waals surface area contributed by atoms with Gasteiger partial charge in [-0.2, -0.15) is 13.5 Å². The van der Waals surface area contributed by atoms with Crippen LogP contribution in [0, 0.1) is 12.7 Å². The number of pyridine rings is 1. The van der Waals surface area contributed by atoms with Crippen molar-refractivity contribution in [1.29, 1.82) is 0 Å². The molecule has 4 aromatic rings. The summed E-state index contributed by atoms with van der Waals surface area (Å²) in [5.74, 6) is -0.531. The van der Waals surface area contributed by atoms with E-state index in [4.69, 9.17) is 11.6 Å². The molecule has 2 aromatic carbocycles. The maximum Gasteiger partial charge on any atom is 0.284 e. The predicted octanol–water partition coefficient (Wildman–Crippen LogP) is 4.44. The van der Waals surface area contributed by atoms with E-state index in [1.54, 1.807) is 24.3 Å². The highest BCUT2D eigenvalue weighted by atomic mass is 35.5. The summed E-state index contributed by atoms with van der Waals surface area (Å²) in [4.78, 5) is 4.20. The van der Waals surface area contributed by atoms with Crippen LogP contribution in [0.4, 0.5) is 4.39 Å². The lowest BCUT2D eigenvalue weighted by Gasteiger charge is -2.05. The van der Waals surface area contributed by atoms with Gasteiger partial charge in [-0.1, -0.05) is 41.4 Å². The van der Waals surface area contributed by atoms with Crippen LogP contribution in [0.3, 0.4) is 0 Å². The summed E-state index contributed by atoms with van der Waals surface area (Å²) in [6.07, 6.45) is 1.39. The van der Waals surface area contributed by atoms with Crippen molar-refractivity contribution in [2.24, 2.45) is 0 Å². The number of halogens is 2. The Hall–Kier alpha value is -2.77. The topological polar surface area (TPSA) is 64.8 Å². The zero-order chi connectivity index (χ0) is 19.2. The predicted molar refractivity (Wildman–Crippen MR) is 102 cm³/mol. The minimum Gasteiger partial charge on any atom is -0.236 e. The van der Waals surface area contributed by atoms with E-state index >= 15 is 0 Å². The number of aryl methyl sites for hydroxylation is 1. The minimum absolute atomic E-state index is 0.0429. The van der Waals surface area contributed by atoms with E-state index in [2.05, 4.69) is 10.1 Å². The van der Waals surface area contributed by atoms with Crippen LogP contribution in [0.25, 0.3) is 22.3 Å². The fourth-order valence-electron chi connectivity index (χ4n) is 2.80. The smallest absolute Gasteiger partial charge is 0.236 e. The van der Waals surface area contributed by atoms with Gasteiger partial charge in [0, 0.05) is 11.8 Å². The van der Waals surface area contributed by atoms with Gasteiger partial charge < -0.3 is 0 Å². The zero-order valence-electron chi connectivity index (χ0n) is 14.1. The van der Waals surface area contributed by atoms with Gasteiger partial charge in [-0.3, -0.25) is 0 Å². The molecule has 0 saturated carbocycles. The van der Waals surface area contributed by atoms with Crippen molar-refractivity contribution in [1.82, 2.24) is 14.2 Å². The Morgan fingerprint density at radius 2 is 1.74 bits per heavy atom. The van der Waals surface area contributed by atoms with Crippen LogP contribution in [0.1, 0.15) is 5.56 Å². The maximum absolute atomic E-state index is 14.3. The first-order valence-corrected chi connectivity index (χ1v) is 9.82. The number of nitrogens with zero attached hydrogens (tertiary/aromatic N) is 3. The van der Waals surface area contributed by atoms with Gasteiger partial charge in [-0.15, -0.1) is 4.09 Å². The van der Waals surface area contributed by atoms with Crippen molar-refractivity contribution in [3.63, 3.8) is 0 Å². The molecule has 0 radical (unpaired) electrons. The highest BCUT2D eigenvalue weighted by Crippen LogP contribution is 2.34. The monoisotopic (exact) mass is 401 g/mol. The zero-order valence-corrected chi connectivity index (χ0v) is 15.7. The van der Waals surface area contributed by atoms with Crippen molar-refractivity contribution >= 4 is 32.7 Å². The summed E-state index contributed by atoms with van der Waals surface area (Å²) in [7, 11) is -4.04. The molecule has 27 heavy (non-hydrogen) atoms. The van der Waals surface area contributed by atoms with Crippen LogP contribution in [0.5, 0.6) is 0 Å². The fourth-order valence-corrected chi connectivity index (χ4v) is 4.26. The molecule has 0 atom stereocenters. The van der Waals surface area contributed by atoms with Gasteiger partial charge in [0.15, 0.2) is 5.65 Å². The van der Waals surface area contributed by atoms with E-state index in [-0.39, 0.29) is 32.2 Å². The van der Waals surface area contributed by atoms with Gasteiger partial charge in [0.05, 0.1) is 15.3 Å². The molecule has 0 aliphatic heterocycles. The quantitative estimate of drug-likeness (QED) is 0.509. The van der Waals surface area contributed by atoms with Crippen molar-refractivity contribution in [2.45, 2.75) is 11.8 Å². The van der Waals surface area contributed by atoms with Gasteiger partial charge in [0.1, 0.15) is 11.5 Å². The Bertz CT molecular complexity index is 1270. The molecule has 0 bridgehead atoms. The Kier molecular flexibility index (Phi) is 4.20. The van der Waals surface area contributed by atoms with Crippen molar-refractivity contribution in [2.75, 3.05) is 0 Å². The van der Waals surface area contributed by atoms with Gasteiger partial charge in [0.2, 0.25) is 0 Å². The van der Waals surface area contributed by atoms with Gasteiger partial charge in [-0.25, -0.2) is 9.37 Å². The normalized spacial score (nSPS) is 11.8. The van der Waals surface area contributed by atoms with Gasteiger partial charge >= 0.3 is 0 Å². The lowest BCUT2D eigenvalue weighted by atomic mass is 10.1. The van der Waals surface area contributed by atoms with Crippen molar-refractivity contribution in [3.05, 3.63) is 77.2 Å². The molecule has 0 N–H and O–H groups in total. The maximum atomic E-state index is 14.3. The number of rotatable bonds is 3. The molecule has 0 fully saturated rings. The van der Waals surface area contributed by atoms with Crippen LogP contribution in [0.2, 0.25) is 5.02 Å². The van der Waals surface area contributed by atoms with Gasteiger partial charge in [0.25, 0.3) is 10.0 Å². The number of benzene rings is 2. The molecule has 0 amide bonds. The highest BCUT2D eigenvalue weighted by molar-refractivity contribution is 7.90. The summed E-state index contributed by atoms with van der Waals surface area (Å²) in [6, 6.07) is 13.9. The number of hydrogen-bond acceptors (Lipinski definition) is 4. The number of fused-ring (bicyclic) bond motifs is 1. The van der Waals surface area contributed by atoms with E-state index < -0.39 is 15.8 Å². The first-order valence-electron chi connectivity index (χ1n) is 8.00. The van der Waals surface area contributed by atoms with E-state index in [1.165, 1.54) is 36.5 Å². The van der Waals surface area contributed by atoms with E-state index in [9.17, 15) is 12.8 Å². The second-order valence-electron chi connectivity index (χ2n) is 5.98. The average Bonchev–Trinajstić information content (AvgIpc) is 3.04. The summed E-state index contributed by atoms with van der Waals surface area (Å²) in [6.45, 7) is 1.86. The minimum atomic E-state index is -4.04. The number of hydrogen-bond donors (Lipinski definition) is 0. The second-order valence-corrected chi connectivity index (χ2v) is 8.16. The Morgan fingerprint density at radius 3 is 2.44 bits per heavy atom. The summed E-state index contributed by atoms with van der Waals surface area (Å²) in [5, 5.41) is 4.71. The van der Waals surface area contributed by atoms with E-state index in [0.29, 0.717) is 0 Å². The number of aromatic nitrogens is 3. The molecule has 136 valence electrons. The average molecular weight is 402 g/mol. The molecular weight excluding hydrogens is 389 g/mol. The Morgan fingerprint density at radius 1 is 1.04 bits per heavy atom. The van der Waals surface area contributed by atoms with Crippen LogP contribution >= 0.6 is 11.6 Å². The molecule has 0 aliphatic rings. The second kappa shape index (κ2) is 6.44. The van der Waals surface area contributed by atoms with Crippen LogP contribution in [0.15, 0.2) is 65.7 Å². The Labute approximate surface area is 160 Å². The lowest BCUT2D eigenvalue weighted by molar-refractivity contribution is 0.581. The molecule has 8 heteroatoms. The standard InChI is InChI=1S/C19H13ClFN3O2S/c1-12-6-8-13(9-7-12)27(25,26)24-19-17(15(20)10-11-22-19)18(23-24)14-4-2-3-5-16(14)21/h2-11H,1H3. The molecule has 5 nitrogen and oxygen atoms in total. The molecule has 4 rings (SSSR count). The summed E-state index contributed by atoms with van der Waals surface area (Å²) >= 11 is 6.28. The molecular formula is C19H13ClFN3O2S. The first kappa shape index (κ1) is 17.6. The Balaban J connectivity index is 2.05. The molecule has 2 aromatic heterocycles. The molecule has 0 spiro atoms. The van der Waals surface area contributed by atoms with Crippen molar-refractivity contribution in [3.8, 4) is 11.3 Å². The fraction of sp³-hybridized carbons (Fsp3) is 0.0526. The van der Waals surface area contributed by atoms with Crippen molar-refractivity contribution < 1.29 is 12.8 Å². The summed E-state index contributed by atoms with van der Waals surface area (Å²) < 4.78 is 41.4. The molecule has 0 unspecified atom stereocenters. The molecule has 2 heterocycles. The van der Waals surface area contributed by atoms with E-state index in [0.717, 1.165) is 9.65 Å². The third-order valence-electron chi connectivity index (χ3n) is 4.16. The van der Waals surface area contributed by atoms with Gasteiger partial charge in [-0.05, 0) is 37.3 Å². The third kappa shape index (κ3) is 2.89. The lowest BCUT2D eigenvalue weighted by Crippen LogP contribution is -2.15. The SMILES string of the molecule is Cc1ccc(S(=O)(=O)n2nc(-c3ccccc3F)c3c(Cl)ccnc32)cc1. The molecule has 0 aliphatic carbocycles. The summed E-state index contributed by atoms with van der Waals surface area (Å²) in [5.41, 5.74) is 1.24.